The fraction of sp³-hybridized carbons (Fsp3) is 0.953. The fourth-order valence-corrected chi connectivity index (χ4v) is 15.0. The molecule has 0 heterocycles. The van der Waals surface area contributed by atoms with Gasteiger partial charge in [-0.2, -0.15) is 0 Å². The summed E-state index contributed by atoms with van der Waals surface area (Å²) in [5, 5.41) is 10.7. The van der Waals surface area contributed by atoms with E-state index in [0.29, 0.717) is 25.7 Å². The molecule has 624 valence electrons. The van der Waals surface area contributed by atoms with Gasteiger partial charge in [0.25, 0.3) is 0 Å². The van der Waals surface area contributed by atoms with Crippen molar-refractivity contribution in [2.45, 2.75) is 477 Å². The maximum atomic E-state index is 13.1. The lowest BCUT2D eigenvalue weighted by Crippen LogP contribution is -2.30. The number of unbranched alkanes of at least 4 members (excludes halogenated alkanes) is 55. The number of ether oxygens (including phenoxy) is 4. The molecule has 2 unspecified atom stereocenters. The number of rotatable bonds is 85. The lowest BCUT2D eigenvalue weighted by Gasteiger charge is -2.21. The maximum absolute atomic E-state index is 13.1. The molecule has 0 saturated heterocycles. The highest BCUT2D eigenvalue weighted by molar-refractivity contribution is 7.47. The van der Waals surface area contributed by atoms with Gasteiger partial charge in [-0.15, -0.1) is 0 Å². The minimum Gasteiger partial charge on any atom is -0.462 e. The lowest BCUT2D eigenvalue weighted by atomic mass is 10.0. The summed E-state index contributed by atoms with van der Waals surface area (Å²) in [5.41, 5.74) is 0. The second kappa shape index (κ2) is 77.4. The van der Waals surface area contributed by atoms with E-state index in [9.17, 15) is 43.2 Å². The van der Waals surface area contributed by atoms with Gasteiger partial charge in [-0.05, 0) is 37.5 Å². The summed E-state index contributed by atoms with van der Waals surface area (Å²) in [6.45, 7) is 9.72. The van der Waals surface area contributed by atoms with Crippen LogP contribution in [0.1, 0.15) is 459 Å². The Bertz CT molecular complexity index is 2010. The first-order valence-electron chi connectivity index (χ1n) is 44.5. The number of hydrogen-bond acceptors (Lipinski definition) is 15. The van der Waals surface area contributed by atoms with Gasteiger partial charge < -0.3 is 33.8 Å². The van der Waals surface area contributed by atoms with Gasteiger partial charge in [0.2, 0.25) is 0 Å². The van der Waals surface area contributed by atoms with Crippen molar-refractivity contribution < 1.29 is 80.2 Å². The Morgan fingerprint density at radius 2 is 0.438 bits per heavy atom. The first-order valence-corrected chi connectivity index (χ1v) is 47.5. The zero-order chi connectivity index (χ0) is 77.1. The zero-order valence-electron chi connectivity index (χ0n) is 69.0. The highest BCUT2D eigenvalue weighted by Crippen LogP contribution is 2.45. The molecule has 0 saturated carbocycles. The van der Waals surface area contributed by atoms with Crippen molar-refractivity contribution >= 4 is 39.5 Å². The highest BCUT2D eigenvalue weighted by atomic mass is 31.2. The molecule has 0 bridgehead atoms. The van der Waals surface area contributed by atoms with E-state index in [1.807, 2.05) is 0 Å². The van der Waals surface area contributed by atoms with Gasteiger partial charge in [-0.25, -0.2) is 9.13 Å². The molecule has 0 amide bonds. The van der Waals surface area contributed by atoms with E-state index in [4.69, 9.17) is 37.0 Å². The molecule has 19 heteroatoms. The van der Waals surface area contributed by atoms with Gasteiger partial charge in [0, 0.05) is 25.7 Å². The Morgan fingerprint density at radius 1 is 0.257 bits per heavy atom. The van der Waals surface area contributed by atoms with Crippen molar-refractivity contribution in [1.82, 2.24) is 0 Å². The average Bonchev–Trinajstić information content (AvgIpc) is 0.916. The summed E-state index contributed by atoms with van der Waals surface area (Å²) in [6.07, 6.45) is 69.4. The van der Waals surface area contributed by atoms with Crippen molar-refractivity contribution in [3.8, 4) is 0 Å². The first-order chi connectivity index (χ1) is 50.9. The number of aliphatic hydroxyl groups excluding tert-OH is 1. The summed E-state index contributed by atoms with van der Waals surface area (Å²) < 4.78 is 68.9. The number of esters is 4. The molecular weight excluding hydrogens is 1370 g/mol. The van der Waals surface area contributed by atoms with Crippen molar-refractivity contribution in [3.05, 3.63) is 0 Å². The third kappa shape index (κ3) is 79.9. The predicted molar refractivity (Wildman–Crippen MR) is 432 cm³/mol. The van der Waals surface area contributed by atoms with E-state index in [-0.39, 0.29) is 25.7 Å². The molecule has 0 spiro atoms. The van der Waals surface area contributed by atoms with Crippen molar-refractivity contribution in [2.24, 2.45) is 11.8 Å². The molecule has 0 fully saturated rings. The van der Waals surface area contributed by atoms with E-state index < -0.39 is 97.5 Å². The molecule has 3 N–H and O–H groups in total. The number of phosphoric acid groups is 2. The number of aliphatic hydroxyl groups is 1. The van der Waals surface area contributed by atoms with Crippen LogP contribution in [0.4, 0.5) is 0 Å². The Morgan fingerprint density at radius 3 is 0.648 bits per heavy atom. The SMILES string of the molecule is CCCCCCCCCCCCCCCCCCCCC(=O)OC[C@H](COP(=O)(O)OC[C@@H](O)COP(=O)(O)OC[C@@H](COC(=O)CCCCCCCCCCCC)OC(=O)CCCCCCCCCCCCCCCC(C)C)OC(=O)CCCCCCCCCCCCCCCCCCCCC(C)C. The van der Waals surface area contributed by atoms with Gasteiger partial charge in [-0.1, -0.05) is 408 Å². The van der Waals surface area contributed by atoms with Crippen molar-refractivity contribution in [1.29, 1.82) is 0 Å². The van der Waals surface area contributed by atoms with Crippen LogP contribution in [-0.2, 0) is 65.4 Å². The topological polar surface area (TPSA) is 237 Å². The molecule has 0 aromatic carbocycles. The number of carbonyl (C=O) groups excluding carboxylic acids is 4. The van der Waals surface area contributed by atoms with Crippen LogP contribution in [0.3, 0.4) is 0 Å². The first kappa shape index (κ1) is 103. The van der Waals surface area contributed by atoms with Gasteiger partial charge >= 0.3 is 39.5 Å². The molecular formula is C86H168O17P2. The summed E-state index contributed by atoms with van der Waals surface area (Å²) in [7, 11) is -9.93. The monoisotopic (exact) mass is 1540 g/mol. The Labute approximate surface area is 645 Å². The van der Waals surface area contributed by atoms with Crippen LogP contribution >= 0.6 is 15.6 Å². The Kier molecular flexibility index (Phi) is 76.0. The van der Waals surface area contributed by atoms with Crippen LogP contribution in [0.2, 0.25) is 0 Å². The van der Waals surface area contributed by atoms with Gasteiger partial charge in [0.15, 0.2) is 12.2 Å². The molecule has 0 radical (unpaired) electrons. The van der Waals surface area contributed by atoms with Crippen LogP contribution in [0.15, 0.2) is 0 Å². The van der Waals surface area contributed by atoms with E-state index in [1.54, 1.807) is 0 Å². The van der Waals surface area contributed by atoms with E-state index in [1.165, 1.54) is 276 Å². The predicted octanol–water partition coefficient (Wildman–Crippen LogP) is 26.2. The summed E-state index contributed by atoms with van der Waals surface area (Å²) in [4.78, 5) is 73.2. The Balaban J connectivity index is 5.22. The number of phosphoric ester groups is 2. The molecule has 0 aromatic heterocycles. The maximum Gasteiger partial charge on any atom is 0.472 e. The summed E-state index contributed by atoms with van der Waals surface area (Å²) in [5.74, 6) is -0.494. The fourth-order valence-electron chi connectivity index (χ4n) is 13.4. The van der Waals surface area contributed by atoms with Crippen LogP contribution in [-0.4, -0.2) is 96.7 Å². The van der Waals surface area contributed by atoms with Gasteiger partial charge in [-0.3, -0.25) is 37.3 Å². The lowest BCUT2D eigenvalue weighted by molar-refractivity contribution is -0.161. The van der Waals surface area contributed by atoms with Crippen LogP contribution in [0, 0.1) is 11.8 Å². The minimum atomic E-state index is -4.97. The normalized spacial score (nSPS) is 13.8. The van der Waals surface area contributed by atoms with Gasteiger partial charge in [0.05, 0.1) is 26.4 Å². The smallest absolute Gasteiger partial charge is 0.462 e. The third-order valence-corrected chi connectivity index (χ3v) is 22.1. The number of carbonyl (C=O) groups is 4. The second-order valence-electron chi connectivity index (χ2n) is 31.9. The second-order valence-corrected chi connectivity index (χ2v) is 34.8. The standard InChI is InChI=1S/C86H168O17P2/c1-7-9-11-13-15-17-19-20-21-22-26-29-34-39-45-51-57-63-69-84(89)97-75-82(103-85(90)70-64-58-52-46-40-35-30-27-24-23-25-28-32-37-42-48-54-60-66-78(3)4)77-101-105(94,95)99-73-80(87)72-98-104(92,93)100-76-81(74-96-83(88)68-62-56-50-44-18-16-14-12-10-8-2)102-86(91)71-65-59-53-47-41-36-31-33-38-43-49-55-61-67-79(5)6/h78-82,87H,7-77H2,1-6H3,(H,92,93)(H,94,95)/t80-,81+,82+/m0/s1. The summed E-state index contributed by atoms with van der Waals surface area (Å²) >= 11 is 0. The molecule has 0 aliphatic rings. The van der Waals surface area contributed by atoms with Crippen LogP contribution in [0.25, 0.3) is 0 Å². The van der Waals surface area contributed by atoms with Crippen molar-refractivity contribution in [2.75, 3.05) is 39.6 Å². The highest BCUT2D eigenvalue weighted by Gasteiger charge is 2.30. The van der Waals surface area contributed by atoms with E-state index in [0.717, 1.165) is 102 Å². The van der Waals surface area contributed by atoms with Crippen molar-refractivity contribution in [3.63, 3.8) is 0 Å². The average molecular weight is 1540 g/mol. The molecule has 17 nitrogen and oxygen atoms in total. The summed E-state index contributed by atoms with van der Waals surface area (Å²) in [6, 6.07) is 0. The Hall–Kier alpha value is -1.94. The number of hydrogen-bond donors (Lipinski definition) is 3. The quantitative estimate of drug-likeness (QED) is 0.0222. The van der Waals surface area contributed by atoms with Crippen LogP contribution < -0.4 is 0 Å². The van der Waals surface area contributed by atoms with Crippen LogP contribution in [0.5, 0.6) is 0 Å². The molecule has 0 rings (SSSR count). The van der Waals surface area contributed by atoms with E-state index >= 15 is 0 Å². The minimum absolute atomic E-state index is 0.108. The molecule has 0 aliphatic carbocycles. The van der Waals surface area contributed by atoms with Gasteiger partial charge in [0.1, 0.15) is 19.3 Å². The molecule has 5 atom stereocenters. The third-order valence-electron chi connectivity index (χ3n) is 20.2. The largest absolute Gasteiger partial charge is 0.472 e. The van der Waals surface area contributed by atoms with E-state index in [2.05, 4.69) is 41.5 Å². The zero-order valence-corrected chi connectivity index (χ0v) is 70.8. The molecule has 0 aliphatic heterocycles. The molecule has 105 heavy (non-hydrogen) atoms. The molecule has 0 aromatic rings.